The van der Waals surface area contributed by atoms with Crippen LogP contribution in [0, 0.1) is 5.82 Å². The molecule has 0 radical (unpaired) electrons. The van der Waals surface area contributed by atoms with E-state index >= 15 is 0 Å². The number of nitrogens with one attached hydrogen (secondary N) is 1. The van der Waals surface area contributed by atoms with Crippen molar-refractivity contribution in [3.05, 3.63) is 35.6 Å². The van der Waals surface area contributed by atoms with Gasteiger partial charge in [0.2, 0.25) is 0 Å². The number of nitrogen functional groups attached to an aromatic ring is 1. The molecule has 0 bridgehead atoms. The number of ether oxygens (including phenoxy) is 1. The number of hydrogen-bond acceptors (Lipinski definition) is 5. The van der Waals surface area contributed by atoms with Gasteiger partial charge >= 0.3 is 0 Å². The van der Waals surface area contributed by atoms with Crippen LogP contribution in [0.3, 0.4) is 0 Å². The summed E-state index contributed by atoms with van der Waals surface area (Å²) in [6, 6.07) is 6.76. The lowest BCUT2D eigenvalue weighted by molar-refractivity contribution is 0.344. The molecule has 0 atom stereocenters. The Bertz CT molecular complexity index is 544. The van der Waals surface area contributed by atoms with Gasteiger partial charge in [-0.3, -0.25) is 0 Å². The molecule has 0 unspecified atom stereocenters. The lowest BCUT2D eigenvalue weighted by Crippen LogP contribution is -2.06. The molecule has 6 heteroatoms. The number of aromatic nitrogens is 1. The van der Waals surface area contributed by atoms with Gasteiger partial charge in [-0.2, -0.15) is 4.37 Å². The maximum absolute atomic E-state index is 13.4. The van der Waals surface area contributed by atoms with Gasteiger partial charge in [0.15, 0.2) is 16.6 Å². The van der Waals surface area contributed by atoms with Gasteiger partial charge in [0.1, 0.15) is 5.82 Å². The molecule has 1 heterocycles. The summed E-state index contributed by atoms with van der Waals surface area (Å²) in [6.45, 7) is 3.02. The van der Waals surface area contributed by atoms with Crippen LogP contribution in [0.4, 0.5) is 15.2 Å². The van der Waals surface area contributed by atoms with Gasteiger partial charge in [-0.1, -0.05) is 18.2 Å². The first-order valence-electron chi connectivity index (χ1n) is 6.07. The van der Waals surface area contributed by atoms with E-state index in [-0.39, 0.29) is 5.82 Å². The van der Waals surface area contributed by atoms with Crippen molar-refractivity contribution in [3.63, 3.8) is 0 Å². The lowest BCUT2D eigenvalue weighted by atomic mass is 10.1. The predicted octanol–water partition coefficient (Wildman–Crippen LogP) is 2.92. The van der Waals surface area contributed by atoms with Crippen molar-refractivity contribution >= 4 is 22.4 Å². The Morgan fingerprint density at radius 3 is 2.95 bits per heavy atom. The number of nitrogens with two attached hydrogens (primary N) is 1. The second-order valence-corrected chi connectivity index (χ2v) is 4.70. The fourth-order valence-corrected chi connectivity index (χ4v) is 2.39. The van der Waals surface area contributed by atoms with Crippen LogP contribution < -0.4 is 15.8 Å². The van der Waals surface area contributed by atoms with Crippen LogP contribution in [0.15, 0.2) is 24.3 Å². The highest BCUT2D eigenvalue weighted by atomic mass is 32.1. The van der Waals surface area contributed by atoms with Gasteiger partial charge < -0.3 is 15.8 Å². The third-order valence-electron chi connectivity index (χ3n) is 2.60. The van der Waals surface area contributed by atoms with Crippen LogP contribution in [-0.2, 0) is 6.42 Å². The van der Waals surface area contributed by atoms with Gasteiger partial charge in [-0.05, 0) is 36.5 Å². The second kappa shape index (κ2) is 6.38. The molecule has 0 aliphatic carbocycles. The number of nitrogens with zero attached hydrogens (tertiary/aromatic N) is 1. The van der Waals surface area contributed by atoms with Crippen LogP contribution in [0.2, 0.25) is 0 Å². The second-order valence-electron chi connectivity index (χ2n) is 3.93. The molecule has 0 fully saturated rings. The van der Waals surface area contributed by atoms with Crippen molar-refractivity contribution in [2.24, 2.45) is 0 Å². The van der Waals surface area contributed by atoms with E-state index in [1.807, 2.05) is 13.0 Å². The molecule has 1 aromatic heterocycles. The SMILES string of the molecule is CCOc1c(N)nsc1NCCc1ccccc1F. The minimum absolute atomic E-state index is 0.182. The van der Waals surface area contributed by atoms with Crippen LogP contribution in [0.1, 0.15) is 12.5 Å². The van der Waals surface area contributed by atoms with E-state index < -0.39 is 0 Å². The van der Waals surface area contributed by atoms with Crippen molar-refractivity contribution in [1.29, 1.82) is 0 Å². The lowest BCUT2D eigenvalue weighted by Gasteiger charge is -2.08. The van der Waals surface area contributed by atoms with Crippen LogP contribution >= 0.6 is 11.5 Å². The summed E-state index contributed by atoms with van der Waals surface area (Å²) in [7, 11) is 0. The first-order chi connectivity index (χ1) is 9.22. The van der Waals surface area contributed by atoms with E-state index in [1.165, 1.54) is 17.6 Å². The number of anilines is 2. The quantitative estimate of drug-likeness (QED) is 0.854. The molecule has 0 saturated carbocycles. The monoisotopic (exact) mass is 281 g/mol. The molecule has 19 heavy (non-hydrogen) atoms. The maximum Gasteiger partial charge on any atom is 0.197 e. The Morgan fingerprint density at radius 2 is 2.21 bits per heavy atom. The summed E-state index contributed by atoms with van der Waals surface area (Å²) in [5.41, 5.74) is 6.39. The van der Waals surface area contributed by atoms with Crippen LogP contribution in [-0.4, -0.2) is 17.5 Å². The zero-order chi connectivity index (χ0) is 13.7. The average Bonchev–Trinajstić information content (AvgIpc) is 2.74. The number of benzene rings is 1. The molecule has 0 aliphatic heterocycles. The van der Waals surface area contributed by atoms with E-state index in [0.717, 1.165) is 5.00 Å². The minimum atomic E-state index is -0.182. The maximum atomic E-state index is 13.4. The fourth-order valence-electron chi connectivity index (χ4n) is 1.70. The molecule has 1 aromatic carbocycles. The molecule has 0 saturated heterocycles. The highest BCUT2D eigenvalue weighted by Gasteiger charge is 2.12. The van der Waals surface area contributed by atoms with Crippen LogP contribution in [0.5, 0.6) is 5.75 Å². The first kappa shape index (κ1) is 13.6. The summed E-state index contributed by atoms with van der Waals surface area (Å²) in [6.07, 6.45) is 0.593. The smallest absolute Gasteiger partial charge is 0.197 e. The zero-order valence-corrected chi connectivity index (χ0v) is 11.5. The standard InChI is InChI=1S/C13H16FN3OS/c1-2-18-11-12(15)17-19-13(11)16-8-7-9-5-3-4-6-10(9)14/h3-6,16H,2,7-8H2,1H3,(H2,15,17). The van der Waals surface area contributed by atoms with Gasteiger partial charge in [-0.15, -0.1) is 0 Å². The molecule has 2 rings (SSSR count). The first-order valence-corrected chi connectivity index (χ1v) is 6.85. The summed E-state index contributed by atoms with van der Waals surface area (Å²) in [5, 5.41) is 3.97. The third-order valence-corrected chi connectivity index (χ3v) is 3.40. The van der Waals surface area contributed by atoms with E-state index in [2.05, 4.69) is 9.69 Å². The molecule has 4 nitrogen and oxygen atoms in total. The number of rotatable bonds is 6. The largest absolute Gasteiger partial charge is 0.487 e. The molecule has 0 spiro atoms. The summed E-state index contributed by atoms with van der Waals surface area (Å²) in [5.74, 6) is 0.791. The Labute approximate surface area is 115 Å². The summed E-state index contributed by atoms with van der Waals surface area (Å²) in [4.78, 5) is 0. The molecule has 0 aliphatic rings. The van der Waals surface area contributed by atoms with E-state index in [4.69, 9.17) is 10.5 Å². The van der Waals surface area contributed by atoms with Crippen molar-refractivity contribution in [1.82, 2.24) is 4.37 Å². The molecular formula is C13H16FN3OS. The predicted molar refractivity (Wildman–Crippen MR) is 76.3 cm³/mol. The van der Waals surface area contributed by atoms with Crippen LogP contribution in [0.25, 0.3) is 0 Å². The molecule has 3 N–H and O–H groups in total. The van der Waals surface area contributed by atoms with E-state index in [1.54, 1.807) is 12.1 Å². The van der Waals surface area contributed by atoms with Crippen molar-refractivity contribution < 1.29 is 9.13 Å². The Balaban J connectivity index is 1.94. The van der Waals surface area contributed by atoms with Crippen molar-refractivity contribution in [2.45, 2.75) is 13.3 Å². The Hall–Kier alpha value is -1.82. The topological polar surface area (TPSA) is 60.2 Å². The number of hydrogen-bond donors (Lipinski definition) is 2. The average molecular weight is 281 g/mol. The Morgan fingerprint density at radius 1 is 1.42 bits per heavy atom. The van der Waals surface area contributed by atoms with Gasteiger partial charge in [-0.25, -0.2) is 4.39 Å². The molecule has 102 valence electrons. The number of halogens is 1. The normalized spacial score (nSPS) is 10.4. The highest BCUT2D eigenvalue weighted by Crippen LogP contribution is 2.34. The van der Waals surface area contributed by atoms with Crippen molar-refractivity contribution in [2.75, 3.05) is 24.2 Å². The molecule has 0 amide bonds. The van der Waals surface area contributed by atoms with E-state index in [9.17, 15) is 4.39 Å². The van der Waals surface area contributed by atoms with Gasteiger partial charge in [0.25, 0.3) is 0 Å². The highest BCUT2D eigenvalue weighted by molar-refractivity contribution is 7.11. The Kier molecular flexibility index (Phi) is 4.57. The van der Waals surface area contributed by atoms with E-state index in [0.29, 0.717) is 36.7 Å². The van der Waals surface area contributed by atoms with Gasteiger partial charge in [0, 0.05) is 6.54 Å². The molecular weight excluding hydrogens is 265 g/mol. The minimum Gasteiger partial charge on any atom is -0.487 e. The third kappa shape index (κ3) is 3.35. The summed E-state index contributed by atoms with van der Waals surface area (Å²) >= 11 is 1.25. The van der Waals surface area contributed by atoms with Crippen molar-refractivity contribution in [3.8, 4) is 5.75 Å². The van der Waals surface area contributed by atoms with Gasteiger partial charge in [0.05, 0.1) is 6.61 Å². The molecule has 2 aromatic rings. The summed E-state index contributed by atoms with van der Waals surface area (Å²) < 4.78 is 22.9. The fraction of sp³-hybridized carbons (Fsp3) is 0.308. The zero-order valence-electron chi connectivity index (χ0n) is 10.6.